The molecule has 0 fully saturated rings. The van der Waals surface area contributed by atoms with Gasteiger partial charge in [0.25, 0.3) is 0 Å². The fourth-order valence-corrected chi connectivity index (χ4v) is 4.08. The van der Waals surface area contributed by atoms with E-state index in [2.05, 4.69) is 20.8 Å². The van der Waals surface area contributed by atoms with Crippen molar-refractivity contribution in [3.05, 3.63) is 28.8 Å². The third kappa shape index (κ3) is 5.75. The average molecular weight is 425 g/mol. The lowest BCUT2D eigenvalue weighted by atomic mass is 10.1. The molecular weight excluding hydrogens is 409 g/mol. The lowest BCUT2D eigenvalue weighted by molar-refractivity contribution is -0.137. The minimum atomic E-state index is -4.62. The van der Waals surface area contributed by atoms with Crippen LogP contribution in [0.2, 0.25) is 5.02 Å². The summed E-state index contributed by atoms with van der Waals surface area (Å²) in [5.41, 5.74) is -1.33. The summed E-state index contributed by atoms with van der Waals surface area (Å²) >= 11 is 8.03. The van der Waals surface area contributed by atoms with Crippen molar-refractivity contribution in [3.8, 4) is 0 Å². The molecule has 0 aliphatic rings. The maximum Gasteiger partial charge on any atom is 0.418 e. The van der Waals surface area contributed by atoms with Crippen LogP contribution in [0.1, 0.15) is 26.3 Å². The Morgan fingerprint density at radius 2 is 1.96 bits per heavy atom. The second-order valence-corrected chi connectivity index (χ2v) is 8.61. The molecule has 26 heavy (non-hydrogen) atoms. The first-order valence-electron chi connectivity index (χ1n) is 7.50. The molecule has 1 aromatic carbocycles. The molecule has 1 heterocycles. The summed E-state index contributed by atoms with van der Waals surface area (Å²) in [6.45, 7) is 5.49. The van der Waals surface area contributed by atoms with Crippen LogP contribution in [0.4, 0.5) is 24.0 Å². The first-order chi connectivity index (χ1) is 12.1. The van der Waals surface area contributed by atoms with Crippen LogP contribution in [0.25, 0.3) is 0 Å². The highest BCUT2D eigenvalue weighted by Crippen LogP contribution is 2.37. The number of nitrogens with zero attached hydrogens (tertiary/aromatic N) is 2. The van der Waals surface area contributed by atoms with Crippen LogP contribution >= 0.6 is 34.7 Å². The van der Waals surface area contributed by atoms with Crippen LogP contribution < -0.4 is 10.6 Å². The summed E-state index contributed by atoms with van der Waals surface area (Å²) in [5.74, 6) is -0.573. The Kier molecular flexibility index (Phi) is 6.75. The average Bonchev–Trinajstić information content (AvgIpc) is 2.94. The second kappa shape index (κ2) is 8.45. The monoisotopic (exact) mass is 424 g/mol. The van der Waals surface area contributed by atoms with Gasteiger partial charge in [0, 0.05) is 11.1 Å². The van der Waals surface area contributed by atoms with E-state index in [-0.39, 0.29) is 16.8 Å². The molecule has 0 unspecified atom stereocenters. The number of aromatic nitrogens is 2. The normalized spacial score (nSPS) is 12.9. The van der Waals surface area contributed by atoms with Gasteiger partial charge in [-0.05, 0) is 39.0 Å². The fourth-order valence-electron chi connectivity index (χ4n) is 1.86. The highest BCUT2D eigenvalue weighted by atomic mass is 35.5. The van der Waals surface area contributed by atoms with Crippen LogP contribution in [0.5, 0.6) is 0 Å². The van der Waals surface area contributed by atoms with Crippen molar-refractivity contribution in [2.45, 2.75) is 42.6 Å². The summed E-state index contributed by atoms with van der Waals surface area (Å²) in [5, 5.41) is 13.2. The van der Waals surface area contributed by atoms with Crippen molar-refractivity contribution < 1.29 is 18.0 Å². The molecule has 0 aliphatic carbocycles. The van der Waals surface area contributed by atoms with Crippen molar-refractivity contribution in [2.24, 2.45) is 0 Å². The highest BCUT2D eigenvalue weighted by Gasteiger charge is 2.34. The third-order valence-corrected chi connectivity index (χ3v) is 5.28. The zero-order chi connectivity index (χ0) is 19.5. The van der Waals surface area contributed by atoms with E-state index in [4.69, 9.17) is 11.6 Å². The zero-order valence-corrected chi connectivity index (χ0v) is 16.4. The summed E-state index contributed by atoms with van der Waals surface area (Å²) in [7, 11) is 0. The van der Waals surface area contributed by atoms with Crippen molar-refractivity contribution in [1.82, 2.24) is 10.2 Å². The first kappa shape index (κ1) is 20.8. The van der Waals surface area contributed by atoms with Gasteiger partial charge in [-0.15, -0.1) is 10.2 Å². The van der Waals surface area contributed by atoms with E-state index < -0.39 is 22.9 Å². The summed E-state index contributed by atoms with van der Waals surface area (Å²) in [6, 6.07) is 3.39. The fraction of sp³-hybridized carbons (Fsp3) is 0.400. The Morgan fingerprint density at radius 3 is 2.58 bits per heavy atom. The lowest BCUT2D eigenvalue weighted by Gasteiger charge is -2.16. The molecule has 1 aromatic heterocycles. The van der Waals surface area contributed by atoms with Gasteiger partial charge in [0.2, 0.25) is 11.0 Å². The number of carbonyl (C=O) groups is 1. The Balaban J connectivity index is 2.07. The molecule has 0 spiro atoms. The van der Waals surface area contributed by atoms with Gasteiger partial charge >= 0.3 is 6.18 Å². The van der Waals surface area contributed by atoms with Crippen LogP contribution in [0, 0.1) is 0 Å². The maximum absolute atomic E-state index is 13.1. The number of alkyl halides is 3. The van der Waals surface area contributed by atoms with Gasteiger partial charge in [-0.1, -0.05) is 34.7 Å². The van der Waals surface area contributed by atoms with E-state index in [1.165, 1.54) is 17.4 Å². The number of nitrogens with one attached hydrogen (secondary N) is 2. The number of hydrogen-bond acceptors (Lipinski definition) is 6. The van der Waals surface area contributed by atoms with Crippen LogP contribution in [0.15, 0.2) is 22.5 Å². The van der Waals surface area contributed by atoms with Crippen LogP contribution in [0.3, 0.4) is 0 Å². The number of amides is 1. The predicted molar refractivity (Wildman–Crippen MR) is 99.1 cm³/mol. The quantitative estimate of drug-likeness (QED) is 0.628. The number of thioether (sulfide) groups is 1. The van der Waals surface area contributed by atoms with Crippen molar-refractivity contribution in [2.75, 3.05) is 10.6 Å². The zero-order valence-electron chi connectivity index (χ0n) is 14.0. The molecule has 5 nitrogen and oxygen atoms in total. The van der Waals surface area contributed by atoms with Crippen molar-refractivity contribution in [1.29, 1.82) is 0 Å². The number of halogens is 4. The first-order valence-corrected chi connectivity index (χ1v) is 9.58. The predicted octanol–water partition coefficient (Wildman–Crippen LogP) is 5.15. The van der Waals surface area contributed by atoms with Gasteiger partial charge in [0.05, 0.1) is 16.5 Å². The molecule has 0 saturated carbocycles. The Bertz CT molecular complexity index is 782. The topological polar surface area (TPSA) is 66.9 Å². The van der Waals surface area contributed by atoms with E-state index in [9.17, 15) is 18.0 Å². The second-order valence-electron chi connectivity index (χ2n) is 5.61. The van der Waals surface area contributed by atoms with Gasteiger partial charge in [-0.3, -0.25) is 4.79 Å². The Morgan fingerprint density at radius 1 is 1.27 bits per heavy atom. The molecule has 0 aliphatic heterocycles. The molecule has 1 atom stereocenters. The van der Waals surface area contributed by atoms with E-state index in [1.54, 1.807) is 6.92 Å². The minimum absolute atomic E-state index is 0.0585. The van der Waals surface area contributed by atoms with Gasteiger partial charge in [0.15, 0.2) is 4.34 Å². The largest absolute Gasteiger partial charge is 0.418 e. The lowest BCUT2D eigenvalue weighted by Crippen LogP contribution is -2.24. The van der Waals surface area contributed by atoms with E-state index in [0.29, 0.717) is 9.47 Å². The van der Waals surface area contributed by atoms with Gasteiger partial charge in [-0.25, -0.2) is 0 Å². The number of anilines is 2. The Labute approximate surface area is 161 Å². The third-order valence-electron chi connectivity index (χ3n) is 3.01. The van der Waals surface area contributed by atoms with Crippen LogP contribution in [-0.2, 0) is 11.0 Å². The van der Waals surface area contributed by atoms with E-state index >= 15 is 0 Å². The van der Waals surface area contributed by atoms with E-state index in [1.807, 2.05) is 13.8 Å². The minimum Gasteiger partial charge on any atom is -0.358 e. The van der Waals surface area contributed by atoms with Crippen molar-refractivity contribution >= 4 is 51.4 Å². The number of carbonyl (C=O) groups excluding carboxylic acids is 1. The Hall–Kier alpha value is -1.52. The maximum atomic E-state index is 13.1. The summed E-state index contributed by atoms with van der Waals surface area (Å²) < 4.78 is 39.8. The molecule has 2 N–H and O–H groups in total. The number of benzene rings is 1. The van der Waals surface area contributed by atoms with Crippen LogP contribution in [-0.4, -0.2) is 27.4 Å². The SMILES string of the molecule is CC(C)Nc1nnc(S[C@H](C)C(=O)Nc2ccc(Cl)cc2C(F)(F)F)s1. The molecule has 0 radical (unpaired) electrons. The smallest absolute Gasteiger partial charge is 0.358 e. The standard InChI is InChI=1S/C15H16ClF3N4OS2/c1-7(2)20-13-22-23-14(26-13)25-8(3)12(24)21-11-5-4-9(16)6-10(11)15(17,18)19/h4-8H,1-3H3,(H,20,22)(H,21,24)/t8-/m1/s1. The molecule has 2 rings (SSSR count). The van der Waals surface area contributed by atoms with Gasteiger partial charge in [-0.2, -0.15) is 13.2 Å². The highest BCUT2D eigenvalue weighted by molar-refractivity contribution is 8.02. The number of rotatable bonds is 6. The molecule has 142 valence electrons. The molecule has 0 saturated heterocycles. The molecule has 0 bridgehead atoms. The molecule has 11 heteroatoms. The van der Waals surface area contributed by atoms with Gasteiger partial charge < -0.3 is 10.6 Å². The summed E-state index contributed by atoms with van der Waals surface area (Å²) in [4.78, 5) is 12.3. The molecular formula is C15H16ClF3N4OS2. The number of hydrogen-bond donors (Lipinski definition) is 2. The molecule has 2 aromatic rings. The van der Waals surface area contributed by atoms with Gasteiger partial charge in [0.1, 0.15) is 0 Å². The van der Waals surface area contributed by atoms with Crippen molar-refractivity contribution in [3.63, 3.8) is 0 Å². The van der Waals surface area contributed by atoms with E-state index in [0.717, 1.165) is 23.9 Å². The molecule has 1 amide bonds. The summed E-state index contributed by atoms with van der Waals surface area (Å²) in [6.07, 6.45) is -4.62.